The number of carbonyl (C=O) groups excluding carboxylic acids is 1. The number of rotatable bonds is 5. The highest BCUT2D eigenvalue weighted by atomic mass is 32.2. The summed E-state index contributed by atoms with van der Waals surface area (Å²) < 4.78 is 27.0. The topological polar surface area (TPSA) is 114 Å². The lowest BCUT2D eigenvalue weighted by Crippen LogP contribution is -2.50. The molecule has 9 nitrogen and oxygen atoms in total. The van der Waals surface area contributed by atoms with Gasteiger partial charge in [-0.05, 0) is 17.5 Å². The van der Waals surface area contributed by atoms with Gasteiger partial charge in [0.15, 0.2) is 4.90 Å². The Labute approximate surface area is 180 Å². The van der Waals surface area contributed by atoms with E-state index >= 15 is 0 Å². The fraction of sp³-hybridized carbons (Fsp3) is 0.222. The fourth-order valence-corrected chi connectivity index (χ4v) is 6.24. The quantitative estimate of drug-likeness (QED) is 0.424. The molecule has 2 aromatic heterocycles. The third-order valence-electron chi connectivity index (χ3n) is 4.70. The molecule has 0 spiro atoms. The minimum absolute atomic E-state index is 0.0572. The van der Waals surface area contributed by atoms with Crippen molar-refractivity contribution >= 4 is 44.3 Å². The summed E-state index contributed by atoms with van der Waals surface area (Å²) in [6.45, 7) is 0.483. The van der Waals surface area contributed by atoms with Crippen LogP contribution in [-0.4, -0.2) is 59.6 Å². The number of thiazole rings is 1. The van der Waals surface area contributed by atoms with Gasteiger partial charge in [0.05, 0.1) is 4.92 Å². The van der Waals surface area contributed by atoms with Crippen LogP contribution in [-0.2, 0) is 10.0 Å². The molecule has 0 saturated carbocycles. The van der Waals surface area contributed by atoms with Gasteiger partial charge in [-0.1, -0.05) is 12.1 Å². The summed E-state index contributed by atoms with van der Waals surface area (Å²) in [7, 11) is -4.04. The molecule has 156 valence electrons. The number of nitro groups is 1. The summed E-state index contributed by atoms with van der Waals surface area (Å²) in [5.74, 6) is -0.254. The average molecular weight is 465 g/mol. The maximum absolute atomic E-state index is 12.9. The molecule has 0 aliphatic carbocycles. The Kier molecular flexibility index (Phi) is 5.64. The molecule has 1 fully saturated rings. The van der Waals surface area contributed by atoms with Crippen LogP contribution in [0.25, 0.3) is 10.6 Å². The number of carbonyl (C=O) groups is 1. The summed E-state index contributed by atoms with van der Waals surface area (Å²) in [6.07, 6.45) is 0. The van der Waals surface area contributed by atoms with Gasteiger partial charge >= 0.3 is 0 Å². The minimum Gasteiger partial charge on any atom is -0.335 e. The van der Waals surface area contributed by atoms with E-state index < -0.39 is 20.6 Å². The van der Waals surface area contributed by atoms with Crippen LogP contribution >= 0.6 is 22.7 Å². The van der Waals surface area contributed by atoms with E-state index in [-0.39, 0.29) is 37.0 Å². The smallest absolute Gasteiger partial charge is 0.289 e. The molecule has 0 bridgehead atoms. The lowest BCUT2D eigenvalue weighted by atomic mass is 10.3. The van der Waals surface area contributed by atoms with Crippen molar-refractivity contribution in [2.24, 2.45) is 0 Å². The number of thiophene rings is 1. The summed E-state index contributed by atoms with van der Waals surface area (Å²) in [6, 6.07) is 7.20. The Morgan fingerprint density at radius 3 is 2.50 bits per heavy atom. The Morgan fingerprint density at radius 2 is 1.83 bits per heavy atom. The lowest BCUT2D eigenvalue weighted by Gasteiger charge is -2.33. The van der Waals surface area contributed by atoms with Gasteiger partial charge in [-0.25, -0.2) is 13.4 Å². The summed E-state index contributed by atoms with van der Waals surface area (Å²) in [4.78, 5) is 28.9. The van der Waals surface area contributed by atoms with Crippen LogP contribution < -0.4 is 0 Å². The molecule has 12 heteroatoms. The average Bonchev–Trinajstić information content (AvgIpc) is 3.45. The molecule has 1 aromatic carbocycles. The number of nitrogens with zero attached hydrogens (tertiary/aromatic N) is 4. The van der Waals surface area contributed by atoms with Crippen LogP contribution in [0.4, 0.5) is 5.69 Å². The molecular weight excluding hydrogens is 448 g/mol. The predicted molar refractivity (Wildman–Crippen MR) is 113 cm³/mol. The Hall–Kier alpha value is -2.67. The number of piperazine rings is 1. The Balaban J connectivity index is 1.46. The summed E-state index contributed by atoms with van der Waals surface area (Å²) in [5.41, 5.74) is 0.833. The first kappa shape index (κ1) is 20.6. The van der Waals surface area contributed by atoms with Gasteiger partial charge in [0.1, 0.15) is 10.7 Å². The highest BCUT2D eigenvalue weighted by molar-refractivity contribution is 7.89. The van der Waals surface area contributed by atoms with E-state index in [1.807, 2.05) is 16.8 Å². The molecule has 0 unspecified atom stereocenters. The highest BCUT2D eigenvalue weighted by Crippen LogP contribution is 2.28. The number of nitro benzene ring substituents is 1. The molecule has 0 N–H and O–H groups in total. The number of aromatic nitrogens is 1. The van der Waals surface area contributed by atoms with Gasteiger partial charge in [0, 0.05) is 48.6 Å². The lowest BCUT2D eigenvalue weighted by molar-refractivity contribution is -0.387. The van der Waals surface area contributed by atoms with Gasteiger partial charge in [-0.2, -0.15) is 15.6 Å². The van der Waals surface area contributed by atoms with Crippen LogP contribution in [0.3, 0.4) is 0 Å². The van der Waals surface area contributed by atoms with E-state index in [2.05, 4.69) is 4.98 Å². The Bertz CT molecular complexity index is 1180. The molecular formula is C18H16N4O5S3. The van der Waals surface area contributed by atoms with E-state index in [0.717, 1.165) is 10.6 Å². The van der Waals surface area contributed by atoms with E-state index in [4.69, 9.17) is 0 Å². The first-order valence-corrected chi connectivity index (χ1v) is 12.1. The Morgan fingerprint density at radius 1 is 1.10 bits per heavy atom. The molecule has 1 saturated heterocycles. The number of sulfonamides is 1. The molecule has 1 aliphatic rings. The second-order valence-corrected chi connectivity index (χ2v) is 10.0. The number of benzene rings is 1. The van der Waals surface area contributed by atoms with E-state index in [1.165, 1.54) is 39.9 Å². The number of para-hydroxylation sites is 1. The molecule has 3 heterocycles. The highest BCUT2D eigenvalue weighted by Gasteiger charge is 2.34. The molecule has 0 radical (unpaired) electrons. The van der Waals surface area contributed by atoms with Crippen LogP contribution in [0.2, 0.25) is 0 Å². The fourth-order valence-electron chi connectivity index (χ4n) is 3.15. The SMILES string of the molecule is O=C(c1csc(-c2ccsc2)n1)N1CCN(S(=O)(=O)c2ccccc2[N+](=O)[O-])CC1. The van der Waals surface area contributed by atoms with Crippen molar-refractivity contribution < 1.29 is 18.1 Å². The first-order valence-electron chi connectivity index (χ1n) is 8.89. The van der Waals surface area contributed by atoms with Crippen molar-refractivity contribution in [3.63, 3.8) is 0 Å². The van der Waals surface area contributed by atoms with Gasteiger partial charge in [0.25, 0.3) is 11.6 Å². The third-order valence-corrected chi connectivity index (χ3v) is 8.22. The normalized spacial score (nSPS) is 15.3. The minimum atomic E-state index is -4.04. The maximum atomic E-state index is 12.9. The number of amides is 1. The second-order valence-electron chi connectivity index (χ2n) is 6.47. The maximum Gasteiger partial charge on any atom is 0.289 e. The molecule has 1 amide bonds. The zero-order valence-corrected chi connectivity index (χ0v) is 18.0. The molecule has 30 heavy (non-hydrogen) atoms. The molecule has 1 aliphatic heterocycles. The van der Waals surface area contributed by atoms with Gasteiger partial charge in [-0.15, -0.1) is 11.3 Å². The van der Waals surface area contributed by atoms with Crippen LogP contribution in [0.15, 0.2) is 51.4 Å². The summed E-state index contributed by atoms with van der Waals surface area (Å²) >= 11 is 2.93. The van der Waals surface area contributed by atoms with Crippen molar-refractivity contribution in [1.29, 1.82) is 0 Å². The number of hydrogen-bond acceptors (Lipinski definition) is 8. The van der Waals surface area contributed by atoms with Crippen molar-refractivity contribution in [2.75, 3.05) is 26.2 Å². The summed E-state index contributed by atoms with van der Waals surface area (Å²) in [5, 5.41) is 17.6. The van der Waals surface area contributed by atoms with Crippen LogP contribution in [0.5, 0.6) is 0 Å². The second kappa shape index (κ2) is 8.22. The molecule has 4 rings (SSSR count). The van der Waals surface area contributed by atoms with Crippen molar-refractivity contribution in [3.05, 3.63) is 62.3 Å². The van der Waals surface area contributed by atoms with Crippen molar-refractivity contribution in [3.8, 4) is 10.6 Å². The molecule has 0 atom stereocenters. The van der Waals surface area contributed by atoms with Crippen LogP contribution in [0, 0.1) is 10.1 Å². The third kappa shape index (κ3) is 3.86. The standard InChI is InChI=1S/C18H16N4O5S3/c23-18(14-12-29-17(19-14)13-5-10-28-11-13)20-6-8-21(9-7-20)30(26,27)16-4-2-1-3-15(16)22(24)25/h1-5,10-12H,6-9H2. The van der Waals surface area contributed by atoms with Crippen molar-refractivity contribution in [1.82, 2.24) is 14.2 Å². The molecule has 3 aromatic rings. The monoisotopic (exact) mass is 464 g/mol. The zero-order chi connectivity index (χ0) is 21.3. The number of hydrogen-bond donors (Lipinski definition) is 0. The largest absolute Gasteiger partial charge is 0.335 e. The first-order chi connectivity index (χ1) is 14.4. The van der Waals surface area contributed by atoms with Crippen molar-refractivity contribution in [2.45, 2.75) is 4.90 Å². The van der Waals surface area contributed by atoms with E-state index in [9.17, 15) is 23.3 Å². The zero-order valence-electron chi connectivity index (χ0n) is 15.5. The van der Waals surface area contributed by atoms with E-state index in [0.29, 0.717) is 5.69 Å². The van der Waals surface area contributed by atoms with Gasteiger partial charge in [0.2, 0.25) is 10.0 Å². The van der Waals surface area contributed by atoms with Crippen LogP contribution in [0.1, 0.15) is 10.5 Å². The predicted octanol–water partition coefficient (Wildman–Crippen LogP) is 2.93. The van der Waals surface area contributed by atoms with Gasteiger partial charge in [-0.3, -0.25) is 14.9 Å². The van der Waals surface area contributed by atoms with Gasteiger partial charge < -0.3 is 4.90 Å². The van der Waals surface area contributed by atoms with E-state index in [1.54, 1.807) is 21.6 Å².